The van der Waals surface area contributed by atoms with Crippen molar-refractivity contribution in [3.05, 3.63) is 58.1 Å². The zero-order valence-electron chi connectivity index (χ0n) is 12.9. The molecule has 0 saturated heterocycles. The van der Waals surface area contributed by atoms with Crippen LogP contribution in [0.5, 0.6) is 11.5 Å². The fourth-order valence-corrected chi connectivity index (χ4v) is 2.41. The number of carbonyl (C=O) groups is 1. The Morgan fingerprint density at radius 1 is 1.30 bits per heavy atom. The molecular formula is C17H17BrN2O3. The smallest absolute Gasteiger partial charge is 0.277 e. The first kappa shape index (κ1) is 17.0. The summed E-state index contributed by atoms with van der Waals surface area (Å²) in [5.41, 5.74) is 4.35. The quantitative estimate of drug-likeness (QED) is 0.621. The minimum absolute atomic E-state index is 0.114. The van der Waals surface area contributed by atoms with Gasteiger partial charge in [0, 0.05) is 0 Å². The van der Waals surface area contributed by atoms with E-state index in [9.17, 15) is 4.79 Å². The molecule has 120 valence electrons. The lowest BCUT2D eigenvalue weighted by atomic mass is 10.2. The highest BCUT2D eigenvalue weighted by Gasteiger charge is 2.05. The van der Waals surface area contributed by atoms with Crippen molar-refractivity contribution in [2.24, 2.45) is 5.10 Å². The molecule has 0 heterocycles. The topological polar surface area (TPSA) is 59.9 Å². The Morgan fingerprint density at radius 3 is 2.87 bits per heavy atom. The summed E-state index contributed by atoms with van der Waals surface area (Å²) in [6, 6.07) is 13.0. The number of hydrogen-bond acceptors (Lipinski definition) is 4. The van der Waals surface area contributed by atoms with Crippen molar-refractivity contribution in [1.82, 2.24) is 5.43 Å². The minimum Gasteiger partial charge on any atom is -0.497 e. The van der Waals surface area contributed by atoms with Crippen LogP contribution >= 0.6 is 15.9 Å². The number of rotatable bonds is 6. The van der Waals surface area contributed by atoms with Crippen LogP contribution in [0.4, 0.5) is 0 Å². The number of amides is 1. The van der Waals surface area contributed by atoms with Crippen LogP contribution in [0, 0.1) is 6.92 Å². The van der Waals surface area contributed by atoms with Crippen molar-refractivity contribution in [2.45, 2.75) is 6.92 Å². The number of aryl methyl sites for hydroxylation is 1. The molecule has 2 rings (SSSR count). The minimum atomic E-state index is -0.336. The second kappa shape index (κ2) is 8.33. The van der Waals surface area contributed by atoms with E-state index >= 15 is 0 Å². The zero-order valence-corrected chi connectivity index (χ0v) is 14.5. The van der Waals surface area contributed by atoms with Gasteiger partial charge in [-0.05, 0) is 58.2 Å². The number of hydrogen-bond donors (Lipinski definition) is 1. The molecule has 0 spiro atoms. The summed E-state index contributed by atoms with van der Waals surface area (Å²) in [5.74, 6) is 1.01. The predicted molar refractivity (Wildman–Crippen MR) is 93.1 cm³/mol. The second-order valence-corrected chi connectivity index (χ2v) is 5.65. The van der Waals surface area contributed by atoms with Gasteiger partial charge in [-0.15, -0.1) is 0 Å². The van der Waals surface area contributed by atoms with E-state index in [0.717, 1.165) is 21.3 Å². The van der Waals surface area contributed by atoms with E-state index in [4.69, 9.17) is 9.47 Å². The fraction of sp³-hybridized carbons (Fsp3) is 0.176. The van der Waals surface area contributed by atoms with Gasteiger partial charge in [0.1, 0.15) is 11.5 Å². The largest absolute Gasteiger partial charge is 0.497 e. The monoisotopic (exact) mass is 376 g/mol. The lowest BCUT2D eigenvalue weighted by molar-refractivity contribution is -0.123. The molecule has 23 heavy (non-hydrogen) atoms. The Morgan fingerprint density at radius 2 is 2.13 bits per heavy atom. The Kier molecular flexibility index (Phi) is 6.17. The summed E-state index contributed by atoms with van der Waals surface area (Å²) < 4.78 is 11.4. The highest BCUT2D eigenvalue weighted by molar-refractivity contribution is 9.10. The van der Waals surface area contributed by atoms with Crippen LogP contribution in [-0.2, 0) is 4.79 Å². The number of nitrogens with one attached hydrogen (secondary N) is 1. The molecule has 1 amide bonds. The summed E-state index contributed by atoms with van der Waals surface area (Å²) in [5, 5.41) is 3.89. The highest BCUT2D eigenvalue weighted by Crippen LogP contribution is 2.25. The van der Waals surface area contributed by atoms with Crippen molar-refractivity contribution < 1.29 is 14.3 Å². The summed E-state index contributed by atoms with van der Waals surface area (Å²) >= 11 is 3.40. The predicted octanol–water partition coefficient (Wildman–Crippen LogP) is 3.30. The average Bonchev–Trinajstić information content (AvgIpc) is 2.54. The normalized spacial score (nSPS) is 10.6. The molecule has 0 unspecified atom stereocenters. The standard InChI is InChI=1S/C17H17BrN2O3/c1-12-6-7-16(15(18)8-12)23-11-17(21)20-19-10-13-4-3-5-14(9-13)22-2/h3-10H,11H2,1-2H3,(H,20,21). The summed E-state index contributed by atoms with van der Waals surface area (Å²) in [4.78, 5) is 11.7. The van der Waals surface area contributed by atoms with Crippen LogP contribution < -0.4 is 14.9 Å². The molecule has 0 aliphatic carbocycles. The highest BCUT2D eigenvalue weighted by atomic mass is 79.9. The summed E-state index contributed by atoms with van der Waals surface area (Å²) in [6.45, 7) is 1.87. The van der Waals surface area contributed by atoms with Gasteiger partial charge >= 0.3 is 0 Å². The summed E-state index contributed by atoms with van der Waals surface area (Å²) in [7, 11) is 1.60. The van der Waals surface area contributed by atoms with Crippen LogP contribution in [0.3, 0.4) is 0 Å². The Labute approximate surface area is 143 Å². The number of hydrazone groups is 1. The molecule has 6 heteroatoms. The zero-order chi connectivity index (χ0) is 16.7. The second-order valence-electron chi connectivity index (χ2n) is 4.79. The Balaban J connectivity index is 1.83. The van der Waals surface area contributed by atoms with Crippen molar-refractivity contribution in [3.8, 4) is 11.5 Å². The number of ether oxygens (including phenoxy) is 2. The molecule has 0 aliphatic rings. The number of nitrogens with zero attached hydrogens (tertiary/aromatic N) is 1. The van der Waals surface area contributed by atoms with Gasteiger partial charge < -0.3 is 9.47 Å². The number of halogens is 1. The molecule has 0 aromatic heterocycles. The maximum Gasteiger partial charge on any atom is 0.277 e. The van der Waals surface area contributed by atoms with E-state index in [-0.39, 0.29) is 12.5 Å². The van der Waals surface area contributed by atoms with Gasteiger partial charge in [-0.2, -0.15) is 5.10 Å². The molecule has 1 N–H and O–H groups in total. The van der Waals surface area contributed by atoms with Crippen molar-refractivity contribution in [2.75, 3.05) is 13.7 Å². The van der Waals surface area contributed by atoms with Crippen LogP contribution in [0.15, 0.2) is 52.0 Å². The molecule has 2 aromatic rings. The Bertz CT molecular complexity index is 717. The van der Waals surface area contributed by atoms with Crippen LogP contribution in [0.1, 0.15) is 11.1 Å². The first-order chi connectivity index (χ1) is 11.1. The van der Waals surface area contributed by atoms with Gasteiger partial charge in [0.25, 0.3) is 5.91 Å². The number of carbonyl (C=O) groups excluding carboxylic acids is 1. The third-order valence-electron chi connectivity index (χ3n) is 2.94. The van der Waals surface area contributed by atoms with Gasteiger partial charge in [-0.25, -0.2) is 5.43 Å². The molecule has 0 fully saturated rings. The van der Waals surface area contributed by atoms with Crippen LogP contribution in [0.2, 0.25) is 0 Å². The van der Waals surface area contributed by atoms with Gasteiger partial charge in [0.15, 0.2) is 6.61 Å². The number of methoxy groups -OCH3 is 1. The molecule has 0 radical (unpaired) electrons. The summed E-state index contributed by atoms with van der Waals surface area (Å²) in [6.07, 6.45) is 1.54. The third-order valence-corrected chi connectivity index (χ3v) is 3.56. The van der Waals surface area contributed by atoms with E-state index in [1.165, 1.54) is 0 Å². The first-order valence-corrected chi connectivity index (χ1v) is 7.72. The van der Waals surface area contributed by atoms with E-state index < -0.39 is 0 Å². The van der Waals surface area contributed by atoms with E-state index in [1.807, 2.05) is 49.4 Å². The van der Waals surface area contributed by atoms with Gasteiger partial charge in [0.2, 0.25) is 0 Å². The number of benzene rings is 2. The van der Waals surface area contributed by atoms with Crippen molar-refractivity contribution in [1.29, 1.82) is 0 Å². The maximum absolute atomic E-state index is 11.7. The molecule has 2 aromatic carbocycles. The lowest BCUT2D eigenvalue weighted by Gasteiger charge is -2.07. The molecule has 0 atom stereocenters. The van der Waals surface area contributed by atoms with Gasteiger partial charge in [-0.1, -0.05) is 18.2 Å². The van der Waals surface area contributed by atoms with Gasteiger partial charge in [0.05, 0.1) is 17.8 Å². The lowest BCUT2D eigenvalue weighted by Crippen LogP contribution is -2.24. The fourth-order valence-electron chi connectivity index (χ4n) is 1.80. The van der Waals surface area contributed by atoms with Crippen LogP contribution in [0.25, 0.3) is 0 Å². The van der Waals surface area contributed by atoms with Crippen molar-refractivity contribution in [3.63, 3.8) is 0 Å². The van der Waals surface area contributed by atoms with Crippen molar-refractivity contribution >= 4 is 28.1 Å². The molecule has 0 bridgehead atoms. The molecule has 5 nitrogen and oxygen atoms in total. The molecular weight excluding hydrogens is 360 g/mol. The van der Waals surface area contributed by atoms with Gasteiger partial charge in [-0.3, -0.25) is 4.79 Å². The van der Waals surface area contributed by atoms with E-state index in [0.29, 0.717) is 5.75 Å². The molecule has 0 aliphatic heterocycles. The van der Waals surface area contributed by atoms with Crippen LogP contribution in [-0.4, -0.2) is 25.8 Å². The van der Waals surface area contributed by atoms with E-state index in [1.54, 1.807) is 13.3 Å². The molecule has 0 saturated carbocycles. The first-order valence-electron chi connectivity index (χ1n) is 6.93. The maximum atomic E-state index is 11.7. The van der Waals surface area contributed by atoms with E-state index in [2.05, 4.69) is 26.5 Å². The SMILES string of the molecule is COc1cccc(C=NNC(=O)COc2ccc(C)cc2Br)c1. The third kappa shape index (κ3) is 5.41. The average molecular weight is 377 g/mol. The Hall–Kier alpha value is -2.34.